The Balaban J connectivity index is 1.54. The van der Waals surface area contributed by atoms with Crippen LogP contribution >= 0.6 is 0 Å². The first-order valence-corrected chi connectivity index (χ1v) is 13.0. The van der Waals surface area contributed by atoms with E-state index in [-0.39, 0.29) is 24.5 Å². The Morgan fingerprint density at radius 2 is 1.92 bits per heavy atom. The van der Waals surface area contributed by atoms with Crippen molar-refractivity contribution >= 4 is 17.6 Å². The smallest absolute Gasteiger partial charge is 0.317 e. The molecule has 3 amide bonds. The van der Waals surface area contributed by atoms with Crippen LogP contribution in [0.15, 0.2) is 59.7 Å². The number of carbonyl (C=O) groups is 2. The SMILES string of the molecule is CCCNC(=O)N(CCN1CCOCC1)CC(=O)N1N=C(c2cccc(OC)c2)CC1c1ccccc1. The zero-order valence-corrected chi connectivity index (χ0v) is 21.8. The number of benzene rings is 2. The van der Waals surface area contributed by atoms with Crippen molar-refractivity contribution in [2.75, 3.05) is 59.6 Å². The maximum Gasteiger partial charge on any atom is 0.317 e. The average molecular weight is 508 g/mol. The molecule has 2 heterocycles. The zero-order valence-electron chi connectivity index (χ0n) is 21.8. The van der Waals surface area contributed by atoms with Gasteiger partial charge in [-0.25, -0.2) is 9.80 Å². The molecule has 37 heavy (non-hydrogen) atoms. The van der Waals surface area contributed by atoms with Crippen LogP contribution < -0.4 is 10.1 Å². The molecule has 1 N–H and O–H groups in total. The average Bonchev–Trinajstić information content (AvgIpc) is 3.41. The van der Waals surface area contributed by atoms with Crippen LogP contribution in [-0.4, -0.2) is 92.1 Å². The van der Waals surface area contributed by atoms with E-state index in [0.29, 0.717) is 39.3 Å². The molecule has 0 spiro atoms. The van der Waals surface area contributed by atoms with E-state index in [1.165, 1.54) is 0 Å². The fraction of sp³-hybridized carbons (Fsp3) is 0.464. The zero-order chi connectivity index (χ0) is 26.0. The highest BCUT2D eigenvalue weighted by atomic mass is 16.5. The molecule has 4 rings (SSSR count). The minimum atomic E-state index is -0.241. The number of ether oxygens (including phenoxy) is 2. The van der Waals surface area contributed by atoms with E-state index in [1.807, 2.05) is 61.5 Å². The van der Waals surface area contributed by atoms with Crippen LogP contribution in [0.3, 0.4) is 0 Å². The first-order valence-electron chi connectivity index (χ1n) is 13.0. The second-order valence-electron chi connectivity index (χ2n) is 9.26. The van der Waals surface area contributed by atoms with Crippen molar-refractivity contribution in [3.05, 3.63) is 65.7 Å². The van der Waals surface area contributed by atoms with E-state index in [1.54, 1.807) is 17.0 Å². The van der Waals surface area contributed by atoms with Gasteiger partial charge in [0.1, 0.15) is 12.3 Å². The number of morpholine rings is 1. The summed E-state index contributed by atoms with van der Waals surface area (Å²) in [6, 6.07) is 17.2. The Bertz CT molecular complexity index is 1070. The molecule has 2 aromatic rings. The summed E-state index contributed by atoms with van der Waals surface area (Å²) in [5.41, 5.74) is 2.74. The highest BCUT2D eigenvalue weighted by molar-refractivity contribution is 6.03. The third-order valence-electron chi connectivity index (χ3n) is 6.68. The lowest BCUT2D eigenvalue weighted by molar-refractivity contribution is -0.133. The summed E-state index contributed by atoms with van der Waals surface area (Å²) in [4.78, 5) is 30.6. The van der Waals surface area contributed by atoms with Crippen LogP contribution in [0, 0.1) is 0 Å². The molecule has 9 heteroatoms. The van der Waals surface area contributed by atoms with Gasteiger partial charge in [0.15, 0.2) is 0 Å². The molecule has 1 fully saturated rings. The first-order chi connectivity index (χ1) is 18.1. The Morgan fingerprint density at radius 3 is 2.65 bits per heavy atom. The molecule has 1 unspecified atom stereocenters. The number of carbonyl (C=O) groups excluding carboxylic acids is 2. The number of rotatable bonds is 10. The molecule has 2 aliphatic heterocycles. The molecule has 2 aromatic carbocycles. The summed E-state index contributed by atoms with van der Waals surface area (Å²) in [5.74, 6) is 0.531. The molecular weight excluding hydrogens is 470 g/mol. The number of hydrogen-bond donors (Lipinski definition) is 1. The molecule has 1 atom stereocenters. The van der Waals surface area contributed by atoms with Crippen LogP contribution in [0.25, 0.3) is 0 Å². The van der Waals surface area contributed by atoms with Crippen molar-refractivity contribution in [1.29, 1.82) is 0 Å². The third-order valence-corrected chi connectivity index (χ3v) is 6.68. The largest absolute Gasteiger partial charge is 0.497 e. The van der Waals surface area contributed by atoms with E-state index in [4.69, 9.17) is 14.6 Å². The maximum atomic E-state index is 13.7. The monoisotopic (exact) mass is 507 g/mol. The molecule has 198 valence electrons. The van der Waals surface area contributed by atoms with Crippen molar-refractivity contribution in [3.63, 3.8) is 0 Å². The Kier molecular flexibility index (Phi) is 9.51. The summed E-state index contributed by atoms with van der Waals surface area (Å²) in [5, 5.41) is 9.26. The van der Waals surface area contributed by atoms with E-state index >= 15 is 0 Å². The van der Waals surface area contributed by atoms with E-state index in [2.05, 4.69) is 10.2 Å². The van der Waals surface area contributed by atoms with Crippen molar-refractivity contribution in [2.24, 2.45) is 5.10 Å². The van der Waals surface area contributed by atoms with Gasteiger partial charge < -0.3 is 19.7 Å². The van der Waals surface area contributed by atoms with Crippen LogP contribution in [0.1, 0.15) is 36.9 Å². The van der Waals surface area contributed by atoms with Gasteiger partial charge in [-0.15, -0.1) is 0 Å². The highest BCUT2D eigenvalue weighted by Gasteiger charge is 2.34. The topological polar surface area (TPSA) is 86.7 Å². The van der Waals surface area contributed by atoms with E-state index < -0.39 is 0 Å². The number of nitrogens with one attached hydrogen (secondary N) is 1. The summed E-state index contributed by atoms with van der Waals surface area (Å²) < 4.78 is 10.8. The lowest BCUT2D eigenvalue weighted by atomic mass is 9.98. The Hall–Kier alpha value is -3.43. The quantitative estimate of drug-likeness (QED) is 0.534. The maximum absolute atomic E-state index is 13.7. The van der Waals surface area contributed by atoms with Gasteiger partial charge in [0.2, 0.25) is 0 Å². The van der Waals surface area contributed by atoms with Gasteiger partial charge in [-0.2, -0.15) is 5.10 Å². The van der Waals surface area contributed by atoms with Crippen LogP contribution in [-0.2, 0) is 9.53 Å². The summed E-state index contributed by atoms with van der Waals surface area (Å²) in [6.45, 7) is 6.71. The molecule has 0 radical (unpaired) electrons. The van der Waals surface area contributed by atoms with Gasteiger partial charge in [0.05, 0.1) is 32.1 Å². The van der Waals surface area contributed by atoms with Crippen LogP contribution in [0.2, 0.25) is 0 Å². The Labute approximate surface area is 219 Å². The molecule has 1 saturated heterocycles. The lowest BCUT2D eigenvalue weighted by Gasteiger charge is -2.31. The standard InChI is InChI=1S/C28H37N5O4/c1-3-12-29-28(35)32(14-13-31-15-17-37-18-16-31)21-27(34)33-26(22-8-5-4-6-9-22)20-25(30-33)23-10-7-11-24(19-23)36-2/h4-11,19,26H,3,12-18,20-21H2,1-2H3,(H,29,35). The highest BCUT2D eigenvalue weighted by Crippen LogP contribution is 2.33. The van der Waals surface area contributed by atoms with Crippen LogP contribution in [0.4, 0.5) is 4.79 Å². The molecule has 0 bridgehead atoms. The summed E-state index contributed by atoms with van der Waals surface area (Å²) in [6.07, 6.45) is 1.41. The molecule has 0 aromatic heterocycles. The fourth-order valence-electron chi connectivity index (χ4n) is 4.57. The van der Waals surface area contributed by atoms with Crippen molar-refractivity contribution in [1.82, 2.24) is 20.1 Å². The number of methoxy groups -OCH3 is 1. The predicted octanol–water partition coefficient (Wildman–Crippen LogP) is 3.13. The molecule has 0 saturated carbocycles. The molecule has 2 aliphatic rings. The van der Waals surface area contributed by atoms with Gasteiger partial charge in [0, 0.05) is 44.7 Å². The van der Waals surface area contributed by atoms with Gasteiger partial charge >= 0.3 is 6.03 Å². The van der Waals surface area contributed by atoms with Crippen molar-refractivity contribution < 1.29 is 19.1 Å². The van der Waals surface area contributed by atoms with Crippen LogP contribution in [0.5, 0.6) is 5.75 Å². The Morgan fingerprint density at radius 1 is 1.14 bits per heavy atom. The van der Waals surface area contributed by atoms with Gasteiger partial charge in [-0.05, 0) is 24.1 Å². The predicted molar refractivity (Wildman–Crippen MR) is 143 cm³/mol. The van der Waals surface area contributed by atoms with E-state index in [9.17, 15) is 9.59 Å². The van der Waals surface area contributed by atoms with Crippen molar-refractivity contribution in [3.8, 4) is 5.75 Å². The number of hydrazone groups is 1. The second-order valence-corrected chi connectivity index (χ2v) is 9.26. The van der Waals surface area contributed by atoms with Gasteiger partial charge in [-0.3, -0.25) is 9.69 Å². The second kappa shape index (κ2) is 13.2. The van der Waals surface area contributed by atoms with Crippen molar-refractivity contribution in [2.45, 2.75) is 25.8 Å². The minimum absolute atomic E-state index is 0.0435. The summed E-state index contributed by atoms with van der Waals surface area (Å²) in [7, 11) is 1.63. The lowest BCUT2D eigenvalue weighted by Crippen LogP contribution is -2.49. The number of urea groups is 1. The first kappa shape index (κ1) is 26.6. The summed E-state index contributed by atoms with van der Waals surface area (Å²) >= 11 is 0. The molecule has 9 nitrogen and oxygen atoms in total. The van der Waals surface area contributed by atoms with E-state index in [0.717, 1.165) is 42.1 Å². The number of nitrogens with zero attached hydrogens (tertiary/aromatic N) is 4. The van der Waals surface area contributed by atoms with Gasteiger partial charge in [-0.1, -0.05) is 49.4 Å². The normalized spacial score (nSPS) is 17.8. The minimum Gasteiger partial charge on any atom is -0.497 e. The third kappa shape index (κ3) is 7.08. The molecule has 0 aliphatic carbocycles. The number of hydrogen-bond acceptors (Lipinski definition) is 6. The molecular formula is C28H37N5O4. The fourth-order valence-corrected chi connectivity index (χ4v) is 4.57. The number of amides is 3. The van der Waals surface area contributed by atoms with Gasteiger partial charge in [0.25, 0.3) is 5.91 Å².